The molecule has 0 spiro atoms. The Morgan fingerprint density at radius 2 is 2.27 bits per heavy atom. The molecule has 1 rings (SSSR count). The number of hydrogen-bond donors (Lipinski definition) is 3. The molecule has 1 aliphatic heterocycles. The molecule has 1 unspecified atom stereocenters. The third-order valence-corrected chi connectivity index (χ3v) is 2.51. The maximum absolute atomic E-state index is 11.6. The molecule has 0 saturated carbocycles. The van der Waals surface area contributed by atoms with Gasteiger partial charge in [-0.25, -0.2) is 0 Å². The molecule has 1 fully saturated rings. The Morgan fingerprint density at radius 1 is 1.40 bits per heavy atom. The third-order valence-electron chi connectivity index (χ3n) is 2.51. The lowest BCUT2D eigenvalue weighted by Gasteiger charge is -2.22. The molecule has 15 heavy (non-hydrogen) atoms. The predicted octanol–water partition coefficient (Wildman–Crippen LogP) is -0.619. The van der Waals surface area contributed by atoms with Crippen LogP contribution in [0.5, 0.6) is 0 Å². The first kappa shape index (κ1) is 12.0. The SMILES string of the molecule is O=CNCCCNC(=O)C1CCCCN1. The fraction of sp³-hybridized carbons (Fsp3) is 0.800. The van der Waals surface area contributed by atoms with E-state index in [1.807, 2.05) is 0 Å². The van der Waals surface area contributed by atoms with Crippen molar-refractivity contribution in [1.29, 1.82) is 0 Å². The van der Waals surface area contributed by atoms with Gasteiger partial charge in [0.15, 0.2) is 0 Å². The fourth-order valence-corrected chi connectivity index (χ4v) is 1.66. The van der Waals surface area contributed by atoms with Gasteiger partial charge in [0.1, 0.15) is 0 Å². The number of hydrogen-bond acceptors (Lipinski definition) is 3. The van der Waals surface area contributed by atoms with Gasteiger partial charge in [0, 0.05) is 13.1 Å². The lowest BCUT2D eigenvalue weighted by atomic mass is 10.0. The molecule has 0 aromatic heterocycles. The Morgan fingerprint density at radius 3 is 2.93 bits per heavy atom. The van der Waals surface area contributed by atoms with Crippen LogP contribution >= 0.6 is 0 Å². The van der Waals surface area contributed by atoms with E-state index in [2.05, 4.69) is 16.0 Å². The molecule has 0 radical (unpaired) electrons. The van der Waals surface area contributed by atoms with Gasteiger partial charge < -0.3 is 16.0 Å². The molecule has 1 aliphatic rings. The van der Waals surface area contributed by atoms with Crippen LogP contribution in [0, 0.1) is 0 Å². The lowest BCUT2D eigenvalue weighted by Crippen LogP contribution is -2.47. The summed E-state index contributed by atoms with van der Waals surface area (Å²) in [4.78, 5) is 21.5. The lowest BCUT2D eigenvalue weighted by molar-refractivity contribution is -0.123. The molecule has 0 aliphatic carbocycles. The third kappa shape index (κ3) is 4.78. The molecule has 1 atom stereocenters. The van der Waals surface area contributed by atoms with E-state index < -0.39 is 0 Å². The summed E-state index contributed by atoms with van der Waals surface area (Å²) >= 11 is 0. The largest absolute Gasteiger partial charge is 0.359 e. The second kappa shape index (κ2) is 7.23. The van der Waals surface area contributed by atoms with E-state index in [1.54, 1.807) is 0 Å². The van der Waals surface area contributed by atoms with Crippen LogP contribution in [-0.2, 0) is 9.59 Å². The van der Waals surface area contributed by atoms with Gasteiger partial charge >= 0.3 is 0 Å². The summed E-state index contributed by atoms with van der Waals surface area (Å²) in [6, 6.07) is -0.0159. The monoisotopic (exact) mass is 213 g/mol. The van der Waals surface area contributed by atoms with E-state index in [-0.39, 0.29) is 11.9 Å². The summed E-state index contributed by atoms with van der Waals surface area (Å²) in [6.07, 6.45) is 4.66. The molecule has 0 aromatic rings. The van der Waals surface area contributed by atoms with Crippen molar-refractivity contribution in [2.24, 2.45) is 0 Å². The van der Waals surface area contributed by atoms with Crippen LogP contribution in [0.4, 0.5) is 0 Å². The van der Waals surface area contributed by atoms with Crippen LogP contribution in [-0.4, -0.2) is 38.0 Å². The zero-order valence-corrected chi connectivity index (χ0v) is 8.92. The van der Waals surface area contributed by atoms with E-state index >= 15 is 0 Å². The average Bonchev–Trinajstić information content (AvgIpc) is 2.30. The van der Waals surface area contributed by atoms with Crippen LogP contribution in [0.1, 0.15) is 25.7 Å². The first-order valence-corrected chi connectivity index (χ1v) is 5.52. The fourth-order valence-electron chi connectivity index (χ4n) is 1.66. The van der Waals surface area contributed by atoms with Gasteiger partial charge in [0.2, 0.25) is 12.3 Å². The Bertz CT molecular complexity index is 203. The van der Waals surface area contributed by atoms with Gasteiger partial charge in [-0.1, -0.05) is 6.42 Å². The average molecular weight is 213 g/mol. The molecule has 2 amide bonds. The molecule has 3 N–H and O–H groups in total. The molecule has 0 aromatic carbocycles. The quantitative estimate of drug-likeness (QED) is 0.407. The second-order valence-electron chi connectivity index (χ2n) is 3.72. The van der Waals surface area contributed by atoms with E-state index in [0.717, 1.165) is 32.2 Å². The molecule has 86 valence electrons. The number of rotatable bonds is 6. The molecule has 5 nitrogen and oxygen atoms in total. The van der Waals surface area contributed by atoms with Gasteiger partial charge in [0.05, 0.1) is 6.04 Å². The van der Waals surface area contributed by atoms with Gasteiger partial charge in [-0.3, -0.25) is 9.59 Å². The standard InChI is InChI=1S/C10H19N3O2/c14-8-11-5-3-7-13-10(15)9-4-1-2-6-12-9/h8-9,12H,1-7H2,(H,11,14)(H,13,15). The van der Waals surface area contributed by atoms with Crippen LogP contribution < -0.4 is 16.0 Å². The molecule has 1 saturated heterocycles. The second-order valence-corrected chi connectivity index (χ2v) is 3.72. The van der Waals surface area contributed by atoms with E-state index in [4.69, 9.17) is 0 Å². The normalized spacial score (nSPS) is 20.7. The Kier molecular flexibility index (Phi) is 5.77. The summed E-state index contributed by atoms with van der Waals surface area (Å²) in [5.41, 5.74) is 0. The van der Waals surface area contributed by atoms with Gasteiger partial charge in [-0.15, -0.1) is 0 Å². The summed E-state index contributed by atoms with van der Waals surface area (Å²) in [6.45, 7) is 2.17. The minimum Gasteiger partial charge on any atom is -0.359 e. The Balaban J connectivity index is 2.04. The Labute approximate surface area is 90.0 Å². The van der Waals surface area contributed by atoms with Crippen molar-refractivity contribution >= 4 is 12.3 Å². The minimum absolute atomic E-state index is 0.0159. The maximum Gasteiger partial charge on any atom is 0.237 e. The van der Waals surface area contributed by atoms with Crippen molar-refractivity contribution < 1.29 is 9.59 Å². The first-order chi connectivity index (χ1) is 7.34. The van der Waals surface area contributed by atoms with Crippen LogP contribution in [0.25, 0.3) is 0 Å². The van der Waals surface area contributed by atoms with Crippen molar-refractivity contribution in [1.82, 2.24) is 16.0 Å². The first-order valence-electron chi connectivity index (χ1n) is 5.52. The zero-order chi connectivity index (χ0) is 10.9. The highest BCUT2D eigenvalue weighted by molar-refractivity contribution is 5.81. The molecular formula is C10H19N3O2. The topological polar surface area (TPSA) is 70.2 Å². The molecule has 5 heteroatoms. The highest BCUT2D eigenvalue weighted by Gasteiger charge is 2.19. The van der Waals surface area contributed by atoms with Crippen molar-refractivity contribution in [2.75, 3.05) is 19.6 Å². The number of carbonyl (C=O) groups is 2. The van der Waals surface area contributed by atoms with E-state index in [9.17, 15) is 9.59 Å². The molecule has 0 bridgehead atoms. The van der Waals surface area contributed by atoms with Crippen molar-refractivity contribution in [2.45, 2.75) is 31.7 Å². The van der Waals surface area contributed by atoms with Crippen LogP contribution in [0.15, 0.2) is 0 Å². The summed E-state index contributed by atoms with van der Waals surface area (Å²) < 4.78 is 0. The van der Waals surface area contributed by atoms with Gasteiger partial charge in [-0.05, 0) is 25.8 Å². The molecule has 1 heterocycles. The van der Waals surface area contributed by atoms with Crippen LogP contribution in [0.2, 0.25) is 0 Å². The van der Waals surface area contributed by atoms with Crippen molar-refractivity contribution in [3.63, 3.8) is 0 Å². The molecular weight excluding hydrogens is 194 g/mol. The Hall–Kier alpha value is -1.10. The zero-order valence-electron chi connectivity index (χ0n) is 8.92. The van der Waals surface area contributed by atoms with Gasteiger partial charge in [-0.2, -0.15) is 0 Å². The maximum atomic E-state index is 11.6. The predicted molar refractivity (Wildman–Crippen MR) is 57.3 cm³/mol. The number of piperidine rings is 1. The highest BCUT2D eigenvalue weighted by atomic mass is 16.2. The van der Waals surface area contributed by atoms with E-state index in [1.165, 1.54) is 0 Å². The summed E-state index contributed by atoms with van der Waals surface area (Å²) in [5.74, 6) is 0.0841. The summed E-state index contributed by atoms with van der Waals surface area (Å²) in [7, 11) is 0. The number of nitrogens with one attached hydrogen (secondary N) is 3. The smallest absolute Gasteiger partial charge is 0.237 e. The van der Waals surface area contributed by atoms with Crippen molar-refractivity contribution in [3.8, 4) is 0 Å². The van der Waals surface area contributed by atoms with Crippen molar-refractivity contribution in [3.05, 3.63) is 0 Å². The number of carbonyl (C=O) groups excluding carboxylic acids is 2. The van der Waals surface area contributed by atoms with E-state index in [0.29, 0.717) is 19.5 Å². The highest BCUT2D eigenvalue weighted by Crippen LogP contribution is 2.06. The number of amides is 2. The summed E-state index contributed by atoms with van der Waals surface area (Å²) in [5, 5.41) is 8.60. The minimum atomic E-state index is -0.0159. The van der Waals surface area contributed by atoms with Gasteiger partial charge in [0.25, 0.3) is 0 Å². The van der Waals surface area contributed by atoms with Crippen LogP contribution in [0.3, 0.4) is 0 Å².